The smallest absolute Gasteiger partial charge is 0.258 e. The fourth-order valence-electron chi connectivity index (χ4n) is 1.33. The molecule has 0 amide bonds. The van der Waals surface area contributed by atoms with Gasteiger partial charge in [0, 0.05) is 18.1 Å². The minimum atomic E-state index is -0.468. The van der Waals surface area contributed by atoms with Gasteiger partial charge in [-0.25, -0.2) is 4.39 Å². The van der Waals surface area contributed by atoms with Crippen LogP contribution in [0.1, 0.15) is 18.4 Å². The molecule has 0 atom stereocenters. The van der Waals surface area contributed by atoms with Gasteiger partial charge in [-0.15, -0.1) is 0 Å². The van der Waals surface area contributed by atoms with Crippen molar-refractivity contribution in [1.29, 1.82) is 0 Å². The average Bonchev–Trinajstić information content (AvgIpc) is 3.01. The van der Waals surface area contributed by atoms with Gasteiger partial charge in [-0.05, 0) is 36.6 Å². The lowest BCUT2D eigenvalue weighted by atomic mass is 10.1. The molecule has 1 aliphatic carbocycles. The second kappa shape index (κ2) is 3.81. The third-order valence-electron chi connectivity index (χ3n) is 2.38. The van der Waals surface area contributed by atoms with Crippen LogP contribution in [-0.2, 0) is 0 Å². The SMILES string of the molecule is O=[N+]([O-])c1ccc(/C=C(/F)C2CC2)cc1. The number of halogens is 1. The van der Waals surface area contributed by atoms with Crippen LogP contribution in [0.25, 0.3) is 6.08 Å². The zero-order valence-corrected chi connectivity index (χ0v) is 8.02. The standard InChI is InChI=1S/C11H10FNO2/c12-11(9-3-4-9)7-8-1-5-10(6-2-8)13(14)15/h1-2,5-7,9H,3-4H2/b11-7+. The Morgan fingerprint density at radius 1 is 1.40 bits per heavy atom. The number of rotatable bonds is 3. The third kappa shape index (κ3) is 2.40. The minimum Gasteiger partial charge on any atom is -0.258 e. The van der Waals surface area contributed by atoms with E-state index in [1.165, 1.54) is 18.2 Å². The van der Waals surface area contributed by atoms with Gasteiger partial charge in [0.1, 0.15) is 5.83 Å². The largest absolute Gasteiger partial charge is 0.269 e. The lowest BCUT2D eigenvalue weighted by molar-refractivity contribution is -0.384. The van der Waals surface area contributed by atoms with Gasteiger partial charge in [-0.2, -0.15) is 0 Å². The van der Waals surface area contributed by atoms with Gasteiger partial charge in [-0.1, -0.05) is 0 Å². The normalized spacial score (nSPS) is 16.5. The lowest BCUT2D eigenvalue weighted by Crippen LogP contribution is -1.87. The predicted octanol–water partition coefficient (Wildman–Crippen LogP) is 3.32. The molecule has 1 aromatic carbocycles. The van der Waals surface area contributed by atoms with E-state index in [0.29, 0.717) is 5.56 Å². The Labute approximate surface area is 86.4 Å². The maximum absolute atomic E-state index is 13.3. The molecular weight excluding hydrogens is 197 g/mol. The molecule has 0 radical (unpaired) electrons. The number of nitrogens with zero attached hydrogens (tertiary/aromatic N) is 1. The molecule has 0 heterocycles. The quantitative estimate of drug-likeness (QED) is 0.563. The van der Waals surface area contributed by atoms with E-state index in [4.69, 9.17) is 0 Å². The molecule has 15 heavy (non-hydrogen) atoms. The second-order valence-corrected chi connectivity index (χ2v) is 3.65. The molecule has 0 aromatic heterocycles. The van der Waals surface area contributed by atoms with Crippen molar-refractivity contribution in [2.24, 2.45) is 5.92 Å². The first-order valence-electron chi connectivity index (χ1n) is 4.78. The molecule has 2 rings (SSSR count). The summed E-state index contributed by atoms with van der Waals surface area (Å²) in [6, 6.07) is 5.87. The zero-order valence-electron chi connectivity index (χ0n) is 8.02. The van der Waals surface area contributed by atoms with Crippen LogP contribution in [0.2, 0.25) is 0 Å². The molecular formula is C11H10FNO2. The molecule has 0 saturated heterocycles. The van der Waals surface area contributed by atoms with Crippen molar-refractivity contribution in [3.8, 4) is 0 Å². The molecule has 0 spiro atoms. The molecule has 0 aliphatic heterocycles. The molecule has 0 unspecified atom stereocenters. The van der Waals surface area contributed by atoms with E-state index in [0.717, 1.165) is 12.8 Å². The van der Waals surface area contributed by atoms with Crippen LogP contribution in [0.15, 0.2) is 30.1 Å². The van der Waals surface area contributed by atoms with E-state index in [9.17, 15) is 14.5 Å². The fraction of sp³-hybridized carbons (Fsp3) is 0.273. The zero-order chi connectivity index (χ0) is 10.8. The maximum atomic E-state index is 13.3. The van der Waals surface area contributed by atoms with Crippen molar-refractivity contribution >= 4 is 11.8 Å². The van der Waals surface area contributed by atoms with Crippen LogP contribution in [0.4, 0.5) is 10.1 Å². The summed E-state index contributed by atoms with van der Waals surface area (Å²) >= 11 is 0. The Balaban J connectivity index is 2.16. The molecule has 1 saturated carbocycles. The summed E-state index contributed by atoms with van der Waals surface area (Å²) in [6.07, 6.45) is 3.27. The van der Waals surface area contributed by atoms with E-state index in [2.05, 4.69) is 0 Å². The highest BCUT2D eigenvalue weighted by molar-refractivity contribution is 5.54. The molecule has 3 nitrogen and oxygen atoms in total. The third-order valence-corrected chi connectivity index (χ3v) is 2.38. The van der Waals surface area contributed by atoms with E-state index < -0.39 is 4.92 Å². The van der Waals surface area contributed by atoms with Gasteiger partial charge in [0.2, 0.25) is 0 Å². The molecule has 0 N–H and O–H groups in total. The molecule has 4 heteroatoms. The first-order chi connectivity index (χ1) is 7.16. The van der Waals surface area contributed by atoms with Crippen LogP contribution in [0.3, 0.4) is 0 Å². The highest BCUT2D eigenvalue weighted by Gasteiger charge is 2.26. The number of hydrogen-bond acceptors (Lipinski definition) is 2. The summed E-state index contributed by atoms with van der Waals surface area (Å²) in [5.74, 6) is -0.0379. The van der Waals surface area contributed by atoms with E-state index in [1.54, 1.807) is 12.1 Å². The molecule has 78 valence electrons. The summed E-state index contributed by atoms with van der Waals surface area (Å²) < 4.78 is 13.3. The van der Waals surface area contributed by atoms with E-state index in [1.807, 2.05) is 0 Å². The second-order valence-electron chi connectivity index (χ2n) is 3.65. The number of hydrogen-bond donors (Lipinski definition) is 0. The number of nitro groups is 1. The first-order valence-corrected chi connectivity index (χ1v) is 4.78. The van der Waals surface area contributed by atoms with Gasteiger partial charge in [0.05, 0.1) is 4.92 Å². The van der Waals surface area contributed by atoms with Crippen molar-refractivity contribution < 1.29 is 9.31 Å². The van der Waals surface area contributed by atoms with Crippen LogP contribution in [0, 0.1) is 16.0 Å². The monoisotopic (exact) mass is 207 g/mol. The maximum Gasteiger partial charge on any atom is 0.269 e. The summed E-state index contributed by atoms with van der Waals surface area (Å²) in [6.45, 7) is 0. The average molecular weight is 207 g/mol. The Morgan fingerprint density at radius 3 is 2.47 bits per heavy atom. The Bertz CT molecular complexity index is 407. The summed E-state index contributed by atoms with van der Waals surface area (Å²) in [7, 11) is 0. The fourth-order valence-corrected chi connectivity index (χ4v) is 1.33. The molecule has 1 aliphatic rings. The van der Waals surface area contributed by atoms with Crippen molar-refractivity contribution in [1.82, 2.24) is 0 Å². The number of allylic oxidation sites excluding steroid dienone is 1. The highest BCUT2D eigenvalue weighted by atomic mass is 19.1. The van der Waals surface area contributed by atoms with Crippen molar-refractivity contribution in [2.45, 2.75) is 12.8 Å². The van der Waals surface area contributed by atoms with Crippen LogP contribution in [0.5, 0.6) is 0 Å². The Hall–Kier alpha value is -1.71. The Kier molecular flexibility index (Phi) is 2.49. The van der Waals surface area contributed by atoms with Crippen molar-refractivity contribution in [3.05, 3.63) is 45.8 Å². The van der Waals surface area contributed by atoms with Crippen LogP contribution < -0.4 is 0 Å². The Morgan fingerprint density at radius 2 is 2.00 bits per heavy atom. The molecule has 0 bridgehead atoms. The molecule has 1 aromatic rings. The van der Waals surface area contributed by atoms with E-state index in [-0.39, 0.29) is 17.4 Å². The van der Waals surface area contributed by atoms with Gasteiger partial charge >= 0.3 is 0 Å². The molecule has 1 fully saturated rings. The minimum absolute atomic E-state index is 0.0268. The number of benzene rings is 1. The number of non-ortho nitro benzene ring substituents is 1. The van der Waals surface area contributed by atoms with Gasteiger partial charge in [0.15, 0.2) is 0 Å². The lowest BCUT2D eigenvalue weighted by Gasteiger charge is -1.95. The van der Waals surface area contributed by atoms with Crippen LogP contribution in [-0.4, -0.2) is 4.92 Å². The van der Waals surface area contributed by atoms with Gasteiger partial charge in [-0.3, -0.25) is 10.1 Å². The van der Waals surface area contributed by atoms with Gasteiger partial charge < -0.3 is 0 Å². The van der Waals surface area contributed by atoms with Crippen LogP contribution >= 0.6 is 0 Å². The topological polar surface area (TPSA) is 43.1 Å². The number of nitro benzene ring substituents is 1. The predicted molar refractivity (Wildman–Crippen MR) is 54.9 cm³/mol. The van der Waals surface area contributed by atoms with Gasteiger partial charge in [0.25, 0.3) is 5.69 Å². The summed E-state index contributed by atoms with van der Waals surface area (Å²) in [5, 5.41) is 10.4. The summed E-state index contributed by atoms with van der Waals surface area (Å²) in [5.41, 5.74) is 0.698. The van der Waals surface area contributed by atoms with Crippen molar-refractivity contribution in [3.63, 3.8) is 0 Å². The summed E-state index contributed by atoms with van der Waals surface area (Å²) in [4.78, 5) is 9.90. The highest BCUT2D eigenvalue weighted by Crippen LogP contribution is 2.38. The van der Waals surface area contributed by atoms with Crippen molar-refractivity contribution in [2.75, 3.05) is 0 Å². The van der Waals surface area contributed by atoms with E-state index >= 15 is 0 Å². The first kappa shape index (κ1) is 9.83.